The molecule has 1 heterocycles. The van der Waals surface area contributed by atoms with Gasteiger partial charge in [0.15, 0.2) is 8.32 Å². The van der Waals surface area contributed by atoms with E-state index in [1.54, 1.807) is 0 Å². The summed E-state index contributed by atoms with van der Waals surface area (Å²) in [5.74, 6) is 0. The average molecular weight is 539 g/mol. The molecule has 6 heteroatoms. The average Bonchev–Trinajstić information content (AvgIpc) is 2.92. The van der Waals surface area contributed by atoms with Crippen LogP contribution < -0.4 is 10.4 Å². The molecule has 0 saturated carbocycles. The van der Waals surface area contributed by atoms with E-state index in [0.717, 1.165) is 30.8 Å². The maximum Gasteiger partial charge on any atom is 0.261 e. The molecule has 0 amide bonds. The highest BCUT2D eigenvalue weighted by Gasteiger charge is 2.50. The molecule has 0 N–H and O–H groups in total. The number of ether oxygens (including phenoxy) is 1. The molecule has 4 nitrogen and oxygen atoms in total. The normalized spacial score (nSPS) is 20.2. The Hall–Kier alpha value is -1.84. The zero-order valence-corrected chi connectivity index (χ0v) is 25.7. The van der Waals surface area contributed by atoms with Crippen molar-refractivity contribution in [2.75, 3.05) is 13.2 Å². The van der Waals surface area contributed by atoms with E-state index < -0.39 is 22.7 Å². The molecule has 2 atom stereocenters. The van der Waals surface area contributed by atoms with Crippen molar-refractivity contribution >= 4 is 33.3 Å². The summed E-state index contributed by atoms with van der Waals surface area (Å²) in [4.78, 5) is 11.7. The van der Waals surface area contributed by atoms with Crippen LogP contribution in [0.15, 0.2) is 72.3 Å². The second kappa shape index (κ2) is 13.3. The summed E-state index contributed by atoms with van der Waals surface area (Å²) in [7, 11) is -4.30. The first kappa shape index (κ1) is 29.7. The molecule has 1 fully saturated rings. The summed E-state index contributed by atoms with van der Waals surface area (Å²) in [6.07, 6.45) is 4.06. The number of aldehydes is 1. The van der Waals surface area contributed by atoms with Crippen LogP contribution in [0.25, 0.3) is 0 Å². The van der Waals surface area contributed by atoms with Gasteiger partial charge in [-0.05, 0) is 40.0 Å². The Labute approximate surface area is 226 Å². The van der Waals surface area contributed by atoms with Gasteiger partial charge in [0, 0.05) is 6.42 Å². The Morgan fingerprint density at radius 2 is 1.41 bits per heavy atom. The number of benzene rings is 2. The van der Waals surface area contributed by atoms with Crippen LogP contribution in [0.2, 0.25) is 23.2 Å². The van der Waals surface area contributed by atoms with Gasteiger partial charge in [0.25, 0.3) is 8.32 Å². The molecule has 0 radical (unpaired) electrons. The minimum absolute atomic E-state index is 0.0694. The van der Waals surface area contributed by atoms with Crippen LogP contribution in [0.1, 0.15) is 54.4 Å². The highest BCUT2D eigenvalue weighted by Crippen LogP contribution is 2.37. The smallest absolute Gasteiger partial charge is 0.261 e. The van der Waals surface area contributed by atoms with Crippen LogP contribution in [-0.4, -0.2) is 48.3 Å². The quantitative estimate of drug-likeness (QED) is 0.182. The SMILES string of the molecule is CC[Si](CC)(CC)OC[C@@H]1C/C(=C/CO[Si](c2ccccc2)(c2ccccc2)C(C)(C)C)C[C@H](C=O)O1. The van der Waals surface area contributed by atoms with E-state index in [1.807, 2.05) is 0 Å². The molecule has 0 bridgehead atoms. The Bertz CT molecular complexity index is 949. The monoisotopic (exact) mass is 538 g/mol. The summed E-state index contributed by atoms with van der Waals surface area (Å²) < 4.78 is 19.7. The van der Waals surface area contributed by atoms with Gasteiger partial charge in [-0.15, -0.1) is 0 Å². The van der Waals surface area contributed by atoms with Crippen LogP contribution >= 0.6 is 0 Å². The molecule has 0 aromatic heterocycles. The summed E-state index contributed by atoms with van der Waals surface area (Å²) in [5, 5.41) is 2.48. The standard InChI is InChI=1S/C31H46O4Si2/c1-7-36(8-2,9-3)34-25-28-23-26(22-27(24-32)35-28)20-21-33-37(31(4,5)6,29-16-12-10-13-17-29)30-18-14-11-15-19-30/h10-20,24,27-28H,7-9,21-23,25H2,1-6H3/b26-20+/t27-,28+/m1/s1. The van der Waals surface area contributed by atoms with Crippen molar-refractivity contribution in [1.82, 2.24) is 0 Å². The zero-order valence-electron chi connectivity index (χ0n) is 23.7. The van der Waals surface area contributed by atoms with Crippen molar-refractivity contribution in [2.45, 2.75) is 89.8 Å². The third-order valence-corrected chi connectivity index (χ3v) is 17.7. The van der Waals surface area contributed by atoms with E-state index in [1.165, 1.54) is 15.9 Å². The number of hydrogen-bond acceptors (Lipinski definition) is 4. The molecule has 0 unspecified atom stereocenters. The van der Waals surface area contributed by atoms with Gasteiger partial charge in [0.05, 0.1) is 19.3 Å². The van der Waals surface area contributed by atoms with E-state index in [-0.39, 0.29) is 11.1 Å². The first-order chi connectivity index (χ1) is 17.7. The van der Waals surface area contributed by atoms with E-state index in [9.17, 15) is 4.79 Å². The van der Waals surface area contributed by atoms with Crippen molar-refractivity contribution in [3.63, 3.8) is 0 Å². The minimum Gasteiger partial charge on any atom is -0.414 e. The molecule has 37 heavy (non-hydrogen) atoms. The second-order valence-corrected chi connectivity index (χ2v) is 20.3. The van der Waals surface area contributed by atoms with Crippen molar-refractivity contribution in [3.8, 4) is 0 Å². The Morgan fingerprint density at radius 3 is 1.86 bits per heavy atom. The van der Waals surface area contributed by atoms with Gasteiger partial charge < -0.3 is 18.4 Å². The van der Waals surface area contributed by atoms with Gasteiger partial charge in [0.2, 0.25) is 0 Å². The Morgan fingerprint density at radius 1 is 0.865 bits per heavy atom. The van der Waals surface area contributed by atoms with Crippen molar-refractivity contribution in [2.24, 2.45) is 0 Å². The van der Waals surface area contributed by atoms with Crippen LogP contribution in [0.5, 0.6) is 0 Å². The predicted molar refractivity (Wildman–Crippen MR) is 159 cm³/mol. The van der Waals surface area contributed by atoms with E-state index >= 15 is 0 Å². The molecular formula is C31H46O4Si2. The maximum atomic E-state index is 11.7. The third-order valence-electron chi connectivity index (χ3n) is 8.07. The molecule has 0 spiro atoms. The Balaban J connectivity index is 1.84. The van der Waals surface area contributed by atoms with Gasteiger partial charge in [-0.2, -0.15) is 0 Å². The fraction of sp³-hybridized carbons (Fsp3) is 0.516. The van der Waals surface area contributed by atoms with Crippen LogP contribution in [0, 0.1) is 0 Å². The summed E-state index contributed by atoms with van der Waals surface area (Å²) in [6, 6.07) is 24.8. The number of carbonyl (C=O) groups excluding carboxylic acids is 1. The fourth-order valence-electron chi connectivity index (χ4n) is 5.69. The lowest BCUT2D eigenvalue weighted by Gasteiger charge is -2.43. The molecule has 2 aromatic rings. The molecule has 3 rings (SSSR count). The van der Waals surface area contributed by atoms with Crippen LogP contribution in [-0.2, 0) is 18.4 Å². The highest BCUT2D eigenvalue weighted by molar-refractivity contribution is 6.99. The van der Waals surface area contributed by atoms with Crippen LogP contribution in [0.3, 0.4) is 0 Å². The van der Waals surface area contributed by atoms with Crippen molar-refractivity contribution in [1.29, 1.82) is 0 Å². The maximum absolute atomic E-state index is 11.7. The van der Waals surface area contributed by atoms with E-state index in [4.69, 9.17) is 13.6 Å². The molecule has 2 aromatic carbocycles. The molecule has 1 aliphatic rings. The topological polar surface area (TPSA) is 44.8 Å². The molecule has 202 valence electrons. The second-order valence-electron chi connectivity index (χ2n) is 11.2. The lowest BCUT2D eigenvalue weighted by Crippen LogP contribution is -2.66. The number of rotatable bonds is 12. The lowest BCUT2D eigenvalue weighted by molar-refractivity contribution is -0.125. The summed E-state index contributed by atoms with van der Waals surface area (Å²) in [6.45, 7) is 14.7. The number of carbonyl (C=O) groups is 1. The van der Waals surface area contributed by atoms with Gasteiger partial charge in [-0.1, -0.05) is 114 Å². The van der Waals surface area contributed by atoms with Crippen molar-refractivity contribution < 1.29 is 18.4 Å². The Kier molecular flexibility index (Phi) is 10.7. The zero-order chi connectivity index (χ0) is 26.9. The molecule has 1 aliphatic heterocycles. The van der Waals surface area contributed by atoms with Gasteiger partial charge >= 0.3 is 0 Å². The van der Waals surface area contributed by atoms with Crippen molar-refractivity contribution in [3.05, 3.63) is 72.3 Å². The van der Waals surface area contributed by atoms with E-state index in [0.29, 0.717) is 19.6 Å². The first-order valence-electron chi connectivity index (χ1n) is 13.9. The summed E-state index contributed by atoms with van der Waals surface area (Å²) in [5.41, 5.74) is 1.23. The minimum atomic E-state index is -2.60. The third kappa shape index (κ3) is 6.98. The number of hydrogen-bond donors (Lipinski definition) is 0. The van der Waals surface area contributed by atoms with Gasteiger partial charge in [-0.3, -0.25) is 0 Å². The molecular weight excluding hydrogens is 493 g/mol. The lowest BCUT2D eigenvalue weighted by atomic mass is 9.98. The highest BCUT2D eigenvalue weighted by atomic mass is 28.4. The largest absolute Gasteiger partial charge is 0.414 e. The fourth-order valence-corrected chi connectivity index (χ4v) is 12.8. The molecule has 1 saturated heterocycles. The van der Waals surface area contributed by atoms with Gasteiger partial charge in [0.1, 0.15) is 12.4 Å². The summed E-state index contributed by atoms with van der Waals surface area (Å²) >= 11 is 0. The predicted octanol–water partition coefficient (Wildman–Crippen LogP) is 6.26. The van der Waals surface area contributed by atoms with Gasteiger partial charge in [-0.25, -0.2) is 0 Å². The van der Waals surface area contributed by atoms with Crippen LogP contribution in [0.4, 0.5) is 0 Å². The van der Waals surface area contributed by atoms with E-state index in [2.05, 4.69) is 108 Å². The molecule has 0 aliphatic carbocycles. The first-order valence-corrected chi connectivity index (χ1v) is 18.3.